The number of carbonyl (C=O) groups excluding carboxylic acids is 2. The van der Waals surface area contributed by atoms with E-state index in [1.165, 1.54) is 64.2 Å². The molecule has 0 bridgehead atoms. The molecule has 3 amide bonds. The third-order valence-corrected chi connectivity index (χ3v) is 11.2. The molecule has 1 saturated heterocycles. The Balaban J connectivity index is 1.43. The number of carboxylic acids is 1. The molecule has 0 spiro atoms. The van der Waals surface area contributed by atoms with Crippen LogP contribution in [-0.2, 0) is 19.1 Å². The summed E-state index contributed by atoms with van der Waals surface area (Å²) in [5.74, 6) is -3.24. The van der Waals surface area contributed by atoms with E-state index in [1.807, 2.05) is 13.8 Å². The Hall–Kier alpha value is -2.13. The Morgan fingerprint density at radius 3 is 2.12 bits per heavy atom. The molecule has 1 aliphatic heterocycles. The number of amides is 3. The molecule has 1 heterocycles. The third kappa shape index (κ3) is 14.2. The number of carbonyl (C=O) groups is 3. The predicted molar refractivity (Wildman–Crippen MR) is 196 cm³/mol. The summed E-state index contributed by atoms with van der Waals surface area (Å²) in [5, 5.41) is 19.7. The molecule has 2 saturated carbocycles. The van der Waals surface area contributed by atoms with Crippen LogP contribution in [0.15, 0.2) is 12.2 Å². The van der Waals surface area contributed by atoms with Crippen LogP contribution in [0.1, 0.15) is 169 Å². The fourth-order valence-corrected chi connectivity index (χ4v) is 8.16. The SMILES string of the molecule is CCCCCCCCCC=CCCCCCC1(NC(=O)NC2CCCC2C(CNC(=O)C2OC(C)(C)OCC2(C)C)C(=O)O)CCCCC1. The fraction of sp³-hybridized carbons (Fsp3) is 0.875. The van der Waals surface area contributed by atoms with E-state index in [2.05, 4.69) is 35.0 Å². The molecule has 282 valence electrons. The van der Waals surface area contributed by atoms with Gasteiger partial charge in [-0.25, -0.2) is 4.79 Å². The normalized spacial score (nSPS) is 25.1. The largest absolute Gasteiger partial charge is 0.481 e. The fourth-order valence-electron chi connectivity index (χ4n) is 8.16. The van der Waals surface area contributed by atoms with Crippen molar-refractivity contribution in [2.75, 3.05) is 13.2 Å². The first-order chi connectivity index (χ1) is 23.4. The number of aliphatic carboxylic acids is 1. The van der Waals surface area contributed by atoms with E-state index < -0.39 is 29.2 Å². The highest BCUT2D eigenvalue weighted by Gasteiger charge is 2.46. The predicted octanol–water partition coefficient (Wildman–Crippen LogP) is 8.80. The highest BCUT2D eigenvalue weighted by atomic mass is 16.7. The minimum Gasteiger partial charge on any atom is -0.481 e. The van der Waals surface area contributed by atoms with Gasteiger partial charge >= 0.3 is 12.0 Å². The van der Waals surface area contributed by atoms with Crippen LogP contribution in [0.25, 0.3) is 0 Å². The average molecular weight is 690 g/mol. The van der Waals surface area contributed by atoms with Gasteiger partial charge in [0.1, 0.15) is 6.10 Å². The molecule has 49 heavy (non-hydrogen) atoms. The lowest BCUT2D eigenvalue weighted by atomic mass is 9.78. The minimum atomic E-state index is -0.955. The van der Waals surface area contributed by atoms with E-state index in [9.17, 15) is 19.5 Å². The maximum atomic E-state index is 13.5. The maximum Gasteiger partial charge on any atom is 0.315 e. The third-order valence-electron chi connectivity index (χ3n) is 11.2. The van der Waals surface area contributed by atoms with Gasteiger partial charge in [-0.15, -0.1) is 0 Å². The van der Waals surface area contributed by atoms with Crippen molar-refractivity contribution < 1.29 is 29.0 Å². The van der Waals surface area contributed by atoms with E-state index >= 15 is 0 Å². The smallest absolute Gasteiger partial charge is 0.315 e. The first kappa shape index (κ1) is 41.3. The van der Waals surface area contributed by atoms with E-state index in [0.29, 0.717) is 13.0 Å². The summed E-state index contributed by atoms with van der Waals surface area (Å²) >= 11 is 0. The highest BCUT2D eigenvalue weighted by Crippen LogP contribution is 2.37. The molecule has 0 aromatic heterocycles. The number of ether oxygens (including phenoxy) is 2. The van der Waals surface area contributed by atoms with Gasteiger partial charge in [-0.1, -0.05) is 110 Å². The van der Waals surface area contributed by atoms with Crippen molar-refractivity contribution in [3.63, 3.8) is 0 Å². The Labute approximate surface area is 297 Å². The highest BCUT2D eigenvalue weighted by molar-refractivity contribution is 5.82. The molecule has 9 heteroatoms. The number of urea groups is 1. The van der Waals surface area contributed by atoms with Crippen molar-refractivity contribution in [3.05, 3.63) is 12.2 Å². The lowest BCUT2D eigenvalue weighted by Gasteiger charge is -2.44. The van der Waals surface area contributed by atoms with Crippen molar-refractivity contribution in [2.24, 2.45) is 17.3 Å². The van der Waals surface area contributed by atoms with E-state index in [-0.39, 0.29) is 36.0 Å². The maximum absolute atomic E-state index is 13.5. The molecule has 4 N–H and O–H groups in total. The molecular formula is C40H71N3O6. The zero-order valence-corrected chi connectivity index (χ0v) is 31.7. The summed E-state index contributed by atoms with van der Waals surface area (Å²) in [7, 11) is 0. The van der Waals surface area contributed by atoms with Gasteiger partial charge in [0, 0.05) is 23.5 Å². The Kier molecular flexibility index (Phi) is 17.4. The minimum absolute atomic E-state index is 0.00584. The van der Waals surface area contributed by atoms with Crippen LogP contribution in [0.4, 0.5) is 4.79 Å². The Morgan fingerprint density at radius 2 is 1.47 bits per heavy atom. The number of hydrogen-bond donors (Lipinski definition) is 4. The van der Waals surface area contributed by atoms with Gasteiger partial charge in [0.15, 0.2) is 5.79 Å². The van der Waals surface area contributed by atoms with E-state index in [4.69, 9.17) is 9.47 Å². The number of allylic oxidation sites excluding steroid dienone is 2. The van der Waals surface area contributed by atoms with Crippen molar-refractivity contribution >= 4 is 17.9 Å². The Morgan fingerprint density at radius 1 is 0.837 bits per heavy atom. The van der Waals surface area contributed by atoms with Gasteiger partial charge < -0.3 is 30.5 Å². The summed E-state index contributed by atoms with van der Waals surface area (Å²) in [5.41, 5.74) is -0.736. The van der Waals surface area contributed by atoms with Crippen LogP contribution in [0.5, 0.6) is 0 Å². The van der Waals surface area contributed by atoms with Gasteiger partial charge in [0.25, 0.3) is 0 Å². The van der Waals surface area contributed by atoms with Crippen molar-refractivity contribution in [1.29, 1.82) is 0 Å². The lowest BCUT2D eigenvalue weighted by Crippen LogP contribution is -2.58. The monoisotopic (exact) mass is 690 g/mol. The zero-order chi connectivity index (χ0) is 35.8. The summed E-state index contributed by atoms with van der Waals surface area (Å²) in [6, 6.07) is -0.430. The van der Waals surface area contributed by atoms with Crippen LogP contribution in [0.3, 0.4) is 0 Å². The van der Waals surface area contributed by atoms with E-state index in [0.717, 1.165) is 64.2 Å². The number of carboxylic acid groups (broad SMARTS) is 1. The van der Waals surface area contributed by atoms with Crippen molar-refractivity contribution in [3.8, 4) is 0 Å². The van der Waals surface area contributed by atoms with Crippen molar-refractivity contribution in [1.82, 2.24) is 16.0 Å². The first-order valence-corrected chi connectivity index (χ1v) is 19.9. The number of unbranched alkanes of at least 4 members (excludes halogenated alkanes) is 10. The van der Waals surface area contributed by atoms with Crippen molar-refractivity contribution in [2.45, 2.75) is 193 Å². The number of hydrogen-bond acceptors (Lipinski definition) is 5. The van der Waals surface area contributed by atoms with Crippen LogP contribution in [0, 0.1) is 17.3 Å². The van der Waals surface area contributed by atoms with Crippen LogP contribution < -0.4 is 16.0 Å². The van der Waals surface area contributed by atoms with Crippen LogP contribution >= 0.6 is 0 Å². The molecule has 3 aliphatic rings. The number of rotatable bonds is 21. The zero-order valence-electron chi connectivity index (χ0n) is 31.7. The first-order valence-electron chi connectivity index (χ1n) is 19.9. The molecule has 3 fully saturated rings. The number of nitrogens with one attached hydrogen (secondary N) is 3. The molecule has 9 nitrogen and oxygen atoms in total. The molecule has 3 rings (SSSR count). The Bertz CT molecular complexity index is 1040. The van der Waals surface area contributed by atoms with Gasteiger partial charge in [0.2, 0.25) is 5.91 Å². The lowest BCUT2D eigenvalue weighted by molar-refractivity contribution is -0.304. The summed E-state index contributed by atoms with van der Waals surface area (Å²) in [4.78, 5) is 39.2. The van der Waals surface area contributed by atoms with Gasteiger partial charge in [0.05, 0.1) is 12.5 Å². The second-order valence-electron chi connectivity index (χ2n) is 16.5. The van der Waals surface area contributed by atoms with Gasteiger partial charge in [-0.05, 0) is 77.6 Å². The topological polar surface area (TPSA) is 126 Å². The van der Waals surface area contributed by atoms with E-state index in [1.54, 1.807) is 13.8 Å². The summed E-state index contributed by atoms with van der Waals surface area (Å²) < 4.78 is 11.7. The quantitative estimate of drug-likeness (QED) is 0.0705. The average Bonchev–Trinajstić information content (AvgIpc) is 3.50. The molecule has 4 atom stereocenters. The van der Waals surface area contributed by atoms with Crippen LogP contribution in [0.2, 0.25) is 0 Å². The van der Waals surface area contributed by atoms with Gasteiger partial charge in [-0.3, -0.25) is 9.59 Å². The molecule has 2 aliphatic carbocycles. The summed E-state index contributed by atoms with van der Waals surface area (Å²) in [6.45, 7) is 9.99. The van der Waals surface area contributed by atoms with Crippen LogP contribution in [-0.4, -0.2) is 59.6 Å². The molecule has 0 aromatic rings. The second kappa shape index (κ2) is 20.7. The molecule has 0 aromatic carbocycles. The second-order valence-corrected chi connectivity index (χ2v) is 16.5. The molecule has 0 radical (unpaired) electrons. The summed E-state index contributed by atoms with van der Waals surface area (Å²) in [6.07, 6.45) is 27.9. The molecular weight excluding hydrogens is 618 g/mol. The van der Waals surface area contributed by atoms with Gasteiger partial charge in [-0.2, -0.15) is 0 Å². The molecule has 4 unspecified atom stereocenters. The standard InChI is InChI=1S/C40H71N3O6/c1-6-7-8-9-10-11-12-13-14-15-16-17-18-20-26-40(27-21-19-22-28-40)43-37(47)42-33-25-23-24-31(33)32(36(45)46)29-41-35(44)34-38(2,3)30-48-39(4,5)49-34/h14-15,31-34H,6-13,16-30H2,1-5H3,(H,41,44)(H,45,46)(H2,42,43,47).